The first-order valence-electron chi connectivity index (χ1n) is 4.55. The molecule has 1 unspecified atom stereocenters. The third kappa shape index (κ3) is 1.50. The normalized spacial score (nSPS) is 21.4. The number of hydrogen-bond donors (Lipinski definition) is 1. The molecule has 1 aliphatic rings. The standard InChI is InChI=1S/C9H12N2O3/c1-6(12)9-8(13)4-11(10-9)7-2-3-14-5-7/h4,7,13H,2-3,5H2,1H3. The van der Waals surface area contributed by atoms with Gasteiger partial charge in [0.25, 0.3) is 0 Å². The van der Waals surface area contributed by atoms with Crippen LogP contribution >= 0.6 is 0 Å². The van der Waals surface area contributed by atoms with Gasteiger partial charge in [-0.1, -0.05) is 0 Å². The smallest absolute Gasteiger partial charge is 0.183 e. The molecule has 2 heterocycles. The molecule has 2 rings (SSSR count). The lowest BCUT2D eigenvalue weighted by Gasteiger charge is -2.06. The zero-order chi connectivity index (χ0) is 10.1. The average Bonchev–Trinajstić information content (AvgIpc) is 2.70. The predicted molar refractivity (Wildman–Crippen MR) is 48.4 cm³/mol. The molecule has 1 N–H and O–H groups in total. The molecule has 1 aromatic rings. The van der Waals surface area contributed by atoms with E-state index in [4.69, 9.17) is 4.74 Å². The Morgan fingerprint density at radius 2 is 2.57 bits per heavy atom. The molecule has 1 aromatic heterocycles. The molecular formula is C9H12N2O3. The Kier molecular flexibility index (Phi) is 2.25. The van der Waals surface area contributed by atoms with E-state index in [1.54, 1.807) is 4.68 Å². The molecule has 14 heavy (non-hydrogen) atoms. The van der Waals surface area contributed by atoms with Crippen LogP contribution in [0.5, 0.6) is 5.75 Å². The summed E-state index contributed by atoms with van der Waals surface area (Å²) >= 11 is 0. The van der Waals surface area contributed by atoms with Crippen molar-refractivity contribution in [2.75, 3.05) is 13.2 Å². The molecule has 0 aromatic carbocycles. The number of carbonyl (C=O) groups is 1. The lowest BCUT2D eigenvalue weighted by atomic mass is 10.3. The van der Waals surface area contributed by atoms with E-state index in [0.29, 0.717) is 13.2 Å². The van der Waals surface area contributed by atoms with Crippen molar-refractivity contribution in [2.45, 2.75) is 19.4 Å². The van der Waals surface area contributed by atoms with Gasteiger partial charge in [-0.2, -0.15) is 5.10 Å². The quantitative estimate of drug-likeness (QED) is 0.709. The summed E-state index contributed by atoms with van der Waals surface area (Å²) in [6.07, 6.45) is 2.36. The number of aromatic hydroxyl groups is 1. The van der Waals surface area contributed by atoms with Gasteiger partial charge < -0.3 is 9.84 Å². The van der Waals surface area contributed by atoms with E-state index < -0.39 is 0 Å². The number of rotatable bonds is 2. The monoisotopic (exact) mass is 196 g/mol. The Balaban J connectivity index is 2.27. The molecule has 1 atom stereocenters. The third-order valence-electron chi connectivity index (χ3n) is 2.33. The highest BCUT2D eigenvalue weighted by atomic mass is 16.5. The molecule has 0 aliphatic carbocycles. The van der Waals surface area contributed by atoms with Gasteiger partial charge in [-0.05, 0) is 6.42 Å². The van der Waals surface area contributed by atoms with Gasteiger partial charge in [0.1, 0.15) is 0 Å². The molecular weight excluding hydrogens is 184 g/mol. The molecule has 0 saturated carbocycles. The first-order valence-corrected chi connectivity index (χ1v) is 4.55. The van der Waals surface area contributed by atoms with Crippen LogP contribution in [0.3, 0.4) is 0 Å². The molecule has 0 amide bonds. The minimum atomic E-state index is -0.222. The van der Waals surface area contributed by atoms with Gasteiger partial charge >= 0.3 is 0 Å². The summed E-state index contributed by atoms with van der Waals surface area (Å²) in [4.78, 5) is 11.0. The number of ketones is 1. The SMILES string of the molecule is CC(=O)c1nn(C2CCOC2)cc1O. The van der Waals surface area contributed by atoms with E-state index in [9.17, 15) is 9.90 Å². The van der Waals surface area contributed by atoms with E-state index in [1.807, 2.05) is 0 Å². The van der Waals surface area contributed by atoms with E-state index in [1.165, 1.54) is 13.1 Å². The second kappa shape index (κ2) is 3.42. The summed E-state index contributed by atoms with van der Waals surface area (Å²) in [5, 5.41) is 13.4. The molecule has 0 bridgehead atoms. The summed E-state index contributed by atoms with van der Waals surface area (Å²) in [6, 6.07) is 0.147. The number of nitrogens with zero attached hydrogens (tertiary/aromatic N) is 2. The van der Waals surface area contributed by atoms with Crippen LogP contribution in [0, 0.1) is 0 Å². The summed E-state index contributed by atoms with van der Waals surface area (Å²) in [7, 11) is 0. The Hall–Kier alpha value is -1.36. The lowest BCUT2D eigenvalue weighted by molar-refractivity contribution is 0.100. The lowest BCUT2D eigenvalue weighted by Crippen LogP contribution is -2.10. The van der Waals surface area contributed by atoms with Crippen LogP contribution in [0.25, 0.3) is 0 Å². The Morgan fingerprint density at radius 1 is 1.79 bits per heavy atom. The molecule has 5 nitrogen and oxygen atoms in total. The Morgan fingerprint density at radius 3 is 3.07 bits per heavy atom. The van der Waals surface area contributed by atoms with Crippen LogP contribution in [0.15, 0.2) is 6.20 Å². The topological polar surface area (TPSA) is 64.4 Å². The van der Waals surface area contributed by atoms with Crippen molar-refractivity contribution in [3.05, 3.63) is 11.9 Å². The molecule has 1 saturated heterocycles. The molecule has 1 fully saturated rings. The van der Waals surface area contributed by atoms with Gasteiger partial charge in [0.2, 0.25) is 0 Å². The van der Waals surface area contributed by atoms with Gasteiger partial charge in [0, 0.05) is 13.5 Å². The summed E-state index contributed by atoms with van der Waals surface area (Å²) in [5.74, 6) is -0.274. The van der Waals surface area contributed by atoms with Crippen LogP contribution in [-0.4, -0.2) is 33.9 Å². The highest BCUT2D eigenvalue weighted by molar-refractivity contribution is 5.94. The van der Waals surface area contributed by atoms with E-state index in [-0.39, 0.29) is 23.3 Å². The molecule has 0 radical (unpaired) electrons. The van der Waals surface area contributed by atoms with Crippen LogP contribution in [0.4, 0.5) is 0 Å². The zero-order valence-corrected chi connectivity index (χ0v) is 7.93. The summed E-state index contributed by atoms with van der Waals surface area (Å²) in [5.41, 5.74) is 0.136. The number of ether oxygens (including phenoxy) is 1. The van der Waals surface area contributed by atoms with E-state index in [0.717, 1.165) is 6.42 Å². The minimum absolute atomic E-state index is 0.0515. The fourth-order valence-corrected chi connectivity index (χ4v) is 1.55. The van der Waals surface area contributed by atoms with Crippen LogP contribution in [0.1, 0.15) is 29.9 Å². The first-order chi connectivity index (χ1) is 6.68. The summed E-state index contributed by atoms with van der Waals surface area (Å²) < 4.78 is 6.80. The van der Waals surface area contributed by atoms with Crippen molar-refractivity contribution >= 4 is 5.78 Å². The molecule has 0 spiro atoms. The van der Waals surface area contributed by atoms with Crippen molar-refractivity contribution in [1.82, 2.24) is 9.78 Å². The van der Waals surface area contributed by atoms with Crippen molar-refractivity contribution in [2.24, 2.45) is 0 Å². The highest BCUT2D eigenvalue weighted by Crippen LogP contribution is 2.23. The van der Waals surface area contributed by atoms with Crippen molar-refractivity contribution in [3.63, 3.8) is 0 Å². The maximum Gasteiger partial charge on any atom is 0.183 e. The van der Waals surface area contributed by atoms with E-state index >= 15 is 0 Å². The maximum absolute atomic E-state index is 11.0. The minimum Gasteiger partial charge on any atom is -0.504 e. The zero-order valence-electron chi connectivity index (χ0n) is 7.93. The third-order valence-corrected chi connectivity index (χ3v) is 2.33. The van der Waals surface area contributed by atoms with Gasteiger partial charge in [-0.15, -0.1) is 0 Å². The Labute approximate surface area is 81.3 Å². The predicted octanol–water partition coefficient (Wildman–Crippen LogP) is 0.753. The van der Waals surface area contributed by atoms with Crippen molar-refractivity contribution in [3.8, 4) is 5.75 Å². The molecule has 1 aliphatic heterocycles. The second-order valence-corrected chi connectivity index (χ2v) is 3.42. The molecule has 5 heteroatoms. The average molecular weight is 196 g/mol. The number of Topliss-reactive ketones (excluding diaryl/α,β-unsaturated/α-hetero) is 1. The Bertz CT molecular complexity index is 353. The second-order valence-electron chi connectivity index (χ2n) is 3.42. The van der Waals surface area contributed by atoms with Crippen LogP contribution < -0.4 is 0 Å². The van der Waals surface area contributed by atoms with Crippen LogP contribution in [-0.2, 0) is 4.74 Å². The van der Waals surface area contributed by atoms with Crippen molar-refractivity contribution in [1.29, 1.82) is 0 Å². The fourth-order valence-electron chi connectivity index (χ4n) is 1.55. The molecule has 76 valence electrons. The summed E-state index contributed by atoms with van der Waals surface area (Å²) in [6.45, 7) is 2.69. The first kappa shape index (κ1) is 9.21. The van der Waals surface area contributed by atoms with Crippen molar-refractivity contribution < 1.29 is 14.6 Å². The highest BCUT2D eigenvalue weighted by Gasteiger charge is 2.21. The fraction of sp³-hybridized carbons (Fsp3) is 0.556. The maximum atomic E-state index is 11.0. The van der Waals surface area contributed by atoms with Crippen LogP contribution in [0.2, 0.25) is 0 Å². The van der Waals surface area contributed by atoms with Gasteiger partial charge in [-0.25, -0.2) is 0 Å². The largest absolute Gasteiger partial charge is 0.504 e. The number of carbonyl (C=O) groups excluding carboxylic acids is 1. The van der Waals surface area contributed by atoms with Gasteiger partial charge in [0.05, 0.1) is 18.8 Å². The number of aromatic nitrogens is 2. The van der Waals surface area contributed by atoms with Gasteiger partial charge in [0.15, 0.2) is 17.2 Å². The number of hydrogen-bond acceptors (Lipinski definition) is 4. The van der Waals surface area contributed by atoms with Gasteiger partial charge in [-0.3, -0.25) is 9.48 Å². The van der Waals surface area contributed by atoms with E-state index in [2.05, 4.69) is 5.10 Å².